The third kappa shape index (κ3) is 2.74. The SMILES string of the molecule is CCC(C)n1ncc(C(=O)NC2CC(C(=O)O)C2)c1C1CC1. The smallest absolute Gasteiger partial charge is 0.306 e. The van der Waals surface area contributed by atoms with Crippen LogP contribution in [-0.4, -0.2) is 32.8 Å². The molecule has 2 aliphatic carbocycles. The summed E-state index contributed by atoms with van der Waals surface area (Å²) in [6.07, 6.45) is 5.94. The average Bonchev–Trinajstić information content (AvgIpc) is 3.19. The first-order chi connectivity index (χ1) is 10.5. The highest BCUT2D eigenvalue weighted by Crippen LogP contribution is 2.42. The lowest BCUT2D eigenvalue weighted by atomic mass is 9.80. The number of nitrogens with zero attached hydrogens (tertiary/aromatic N) is 2. The molecule has 2 fully saturated rings. The molecule has 2 saturated carbocycles. The van der Waals surface area contributed by atoms with Crippen LogP contribution in [-0.2, 0) is 4.79 Å². The summed E-state index contributed by atoms with van der Waals surface area (Å²) >= 11 is 0. The fourth-order valence-corrected chi connectivity index (χ4v) is 3.04. The molecule has 1 aromatic rings. The van der Waals surface area contributed by atoms with Gasteiger partial charge in [-0.25, -0.2) is 0 Å². The van der Waals surface area contributed by atoms with Crippen molar-refractivity contribution in [2.75, 3.05) is 0 Å². The number of hydrogen-bond acceptors (Lipinski definition) is 3. The summed E-state index contributed by atoms with van der Waals surface area (Å²) in [5, 5.41) is 16.3. The first-order valence-corrected chi connectivity index (χ1v) is 8.12. The first-order valence-electron chi connectivity index (χ1n) is 8.12. The summed E-state index contributed by atoms with van der Waals surface area (Å²) in [5.74, 6) is -0.736. The largest absolute Gasteiger partial charge is 0.481 e. The second kappa shape index (κ2) is 5.74. The van der Waals surface area contributed by atoms with Crippen molar-refractivity contribution in [2.24, 2.45) is 5.92 Å². The molecular formula is C16H23N3O3. The maximum Gasteiger partial charge on any atom is 0.306 e. The fraction of sp³-hybridized carbons (Fsp3) is 0.688. The minimum absolute atomic E-state index is 0.0207. The zero-order valence-corrected chi connectivity index (χ0v) is 13.1. The van der Waals surface area contributed by atoms with Gasteiger partial charge in [0.1, 0.15) is 0 Å². The third-order valence-electron chi connectivity index (χ3n) is 4.87. The van der Waals surface area contributed by atoms with Crippen LogP contribution in [0.4, 0.5) is 0 Å². The number of carbonyl (C=O) groups is 2. The lowest BCUT2D eigenvalue weighted by Crippen LogP contribution is -2.46. The summed E-state index contributed by atoms with van der Waals surface area (Å²) < 4.78 is 1.99. The van der Waals surface area contributed by atoms with Gasteiger partial charge in [0.05, 0.1) is 23.4 Å². The molecule has 0 bridgehead atoms. The third-order valence-corrected chi connectivity index (χ3v) is 4.87. The zero-order chi connectivity index (χ0) is 15.9. The molecule has 1 heterocycles. The molecule has 1 amide bonds. The van der Waals surface area contributed by atoms with E-state index in [1.165, 1.54) is 0 Å². The van der Waals surface area contributed by atoms with Gasteiger partial charge in [-0.15, -0.1) is 0 Å². The number of carbonyl (C=O) groups excluding carboxylic acids is 1. The Morgan fingerprint density at radius 1 is 1.45 bits per heavy atom. The Balaban J connectivity index is 1.70. The van der Waals surface area contributed by atoms with Gasteiger partial charge in [-0.3, -0.25) is 14.3 Å². The van der Waals surface area contributed by atoms with Crippen molar-refractivity contribution < 1.29 is 14.7 Å². The maximum atomic E-state index is 12.5. The molecule has 0 radical (unpaired) electrons. The van der Waals surface area contributed by atoms with Crippen LogP contribution in [0.3, 0.4) is 0 Å². The number of nitrogens with one attached hydrogen (secondary N) is 1. The van der Waals surface area contributed by atoms with E-state index >= 15 is 0 Å². The van der Waals surface area contributed by atoms with Crippen molar-refractivity contribution in [2.45, 2.75) is 64.0 Å². The number of hydrogen-bond donors (Lipinski definition) is 2. The molecule has 3 rings (SSSR count). The van der Waals surface area contributed by atoms with Crippen molar-refractivity contribution >= 4 is 11.9 Å². The van der Waals surface area contributed by atoms with E-state index in [9.17, 15) is 9.59 Å². The maximum absolute atomic E-state index is 12.5. The van der Waals surface area contributed by atoms with E-state index in [0.29, 0.717) is 24.3 Å². The molecule has 6 nitrogen and oxygen atoms in total. The molecule has 0 saturated heterocycles. The Kier molecular flexibility index (Phi) is 3.93. The summed E-state index contributed by atoms with van der Waals surface area (Å²) in [5.41, 5.74) is 1.72. The number of rotatable bonds is 6. The van der Waals surface area contributed by atoms with Crippen LogP contribution >= 0.6 is 0 Å². The second-order valence-electron chi connectivity index (χ2n) is 6.60. The Labute approximate surface area is 129 Å². The molecule has 0 spiro atoms. The predicted molar refractivity (Wildman–Crippen MR) is 80.8 cm³/mol. The quantitative estimate of drug-likeness (QED) is 0.844. The summed E-state index contributed by atoms with van der Waals surface area (Å²) in [6.45, 7) is 4.23. The van der Waals surface area contributed by atoms with Crippen molar-refractivity contribution in [3.8, 4) is 0 Å². The van der Waals surface area contributed by atoms with E-state index in [0.717, 1.165) is 25.0 Å². The lowest BCUT2D eigenvalue weighted by Gasteiger charge is -2.32. The van der Waals surface area contributed by atoms with E-state index in [4.69, 9.17) is 5.11 Å². The van der Waals surface area contributed by atoms with Crippen LogP contribution < -0.4 is 5.32 Å². The van der Waals surface area contributed by atoms with Crippen LogP contribution in [0.2, 0.25) is 0 Å². The first kappa shape index (κ1) is 15.1. The van der Waals surface area contributed by atoms with Gasteiger partial charge in [0.15, 0.2) is 0 Å². The zero-order valence-electron chi connectivity index (χ0n) is 13.1. The Hall–Kier alpha value is -1.85. The van der Waals surface area contributed by atoms with Crippen LogP contribution in [0.5, 0.6) is 0 Å². The molecule has 1 unspecified atom stereocenters. The highest BCUT2D eigenvalue weighted by molar-refractivity contribution is 5.95. The summed E-state index contributed by atoms with van der Waals surface area (Å²) in [7, 11) is 0. The molecule has 2 aliphatic rings. The van der Waals surface area contributed by atoms with Crippen LogP contribution in [0.1, 0.15) is 74.0 Å². The molecule has 1 aromatic heterocycles. The Morgan fingerprint density at radius 3 is 2.68 bits per heavy atom. The molecule has 2 N–H and O–H groups in total. The summed E-state index contributed by atoms with van der Waals surface area (Å²) in [4.78, 5) is 23.3. The second-order valence-corrected chi connectivity index (χ2v) is 6.60. The van der Waals surface area contributed by atoms with Crippen molar-refractivity contribution in [3.05, 3.63) is 17.5 Å². The molecule has 22 heavy (non-hydrogen) atoms. The number of aromatic nitrogens is 2. The highest BCUT2D eigenvalue weighted by atomic mass is 16.4. The molecule has 6 heteroatoms. The van der Waals surface area contributed by atoms with Gasteiger partial charge in [-0.2, -0.15) is 5.10 Å². The van der Waals surface area contributed by atoms with Crippen molar-refractivity contribution in [3.63, 3.8) is 0 Å². The van der Waals surface area contributed by atoms with Gasteiger partial charge in [-0.05, 0) is 39.0 Å². The number of carboxylic acid groups (broad SMARTS) is 1. The molecule has 120 valence electrons. The van der Waals surface area contributed by atoms with Gasteiger partial charge in [-0.1, -0.05) is 6.92 Å². The van der Waals surface area contributed by atoms with Crippen LogP contribution in [0.15, 0.2) is 6.20 Å². The standard InChI is InChI=1S/C16H23N3O3/c1-3-9(2)19-14(10-4-5-10)13(8-17-19)15(20)18-12-6-11(7-12)16(21)22/h8-12H,3-7H2,1-2H3,(H,18,20)(H,21,22). The number of amides is 1. The van der Waals surface area contributed by atoms with E-state index in [1.54, 1.807) is 6.20 Å². The van der Waals surface area contributed by atoms with Gasteiger partial charge >= 0.3 is 5.97 Å². The number of carboxylic acids is 1. The molecule has 0 aromatic carbocycles. The van der Waals surface area contributed by atoms with Crippen molar-refractivity contribution in [1.82, 2.24) is 15.1 Å². The minimum atomic E-state index is -0.770. The van der Waals surface area contributed by atoms with Gasteiger partial charge in [0.25, 0.3) is 5.91 Å². The van der Waals surface area contributed by atoms with Crippen LogP contribution in [0.25, 0.3) is 0 Å². The predicted octanol–water partition coefficient (Wildman–Crippen LogP) is 2.32. The normalized spacial score (nSPS) is 25.4. The molecule has 0 aliphatic heterocycles. The molecule has 1 atom stereocenters. The van der Waals surface area contributed by atoms with Gasteiger partial charge in [0.2, 0.25) is 0 Å². The Bertz CT molecular complexity index is 585. The fourth-order valence-electron chi connectivity index (χ4n) is 3.04. The van der Waals surface area contributed by atoms with E-state index in [2.05, 4.69) is 24.3 Å². The summed E-state index contributed by atoms with van der Waals surface area (Å²) in [6, 6.07) is 0.268. The van der Waals surface area contributed by atoms with E-state index < -0.39 is 5.97 Å². The van der Waals surface area contributed by atoms with E-state index in [1.807, 2.05) is 4.68 Å². The van der Waals surface area contributed by atoms with Gasteiger partial charge < -0.3 is 10.4 Å². The Morgan fingerprint density at radius 2 is 2.14 bits per heavy atom. The van der Waals surface area contributed by atoms with Gasteiger partial charge in [0, 0.05) is 18.0 Å². The average molecular weight is 305 g/mol. The topological polar surface area (TPSA) is 84.2 Å². The van der Waals surface area contributed by atoms with Crippen LogP contribution in [0, 0.1) is 5.92 Å². The monoisotopic (exact) mass is 305 g/mol. The number of aliphatic carboxylic acids is 1. The lowest BCUT2D eigenvalue weighted by molar-refractivity contribution is -0.145. The molecular weight excluding hydrogens is 282 g/mol. The van der Waals surface area contributed by atoms with Crippen molar-refractivity contribution in [1.29, 1.82) is 0 Å². The van der Waals surface area contributed by atoms with E-state index in [-0.39, 0.29) is 23.9 Å². The highest BCUT2D eigenvalue weighted by Gasteiger charge is 2.37. The minimum Gasteiger partial charge on any atom is -0.481 e.